The third kappa shape index (κ3) is 2.85. The van der Waals surface area contributed by atoms with Gasteiger partial charge in [0.25, 0.3) is 5.79 Å². The largest absolute Gasteiger partial charge is 0.504 e. The Morgan fingerprint density at radius 3 is 2.62 bits per heavy atom. The summed E-state index contributed by atoms with van der Waals surface area (Å²) >= 11 is 0. The topological polar surface area (TPSA) is 76.0 Å². The third-order valence-corrected chi connectivity index (χ3v) is 7.50. The molecule has 4 rings (SSSR count). The molecule has 0 aromatic heterocycles. The number of Topliss-reactive ketones (excluding diaryl/α,β-unsaturated/α-hetero) is 1. The molecule has 5 atom stereocenters. The van der Waals surface area contributed by atoms with Gasteiger partial charge in [-0.1, -0.05) is 32.1 Å². The van der Waals surface area contributed by atoms with Gasteiger partial charge in [-0.3, -0.25) is 4.79 Å². The van der Waals surface area contributed by atoms with Crippen molar-refractivity contribution in [2.45, 2.75) is 77.8 Å². The SMILES string of the molecule is CC1=CO[C@]23C=C(O)C(=O)[C@]12C[C@H]1C[C@H](O)/C(C)=C\CC(C)(C)/C=C\C[C@]1(C)O3. The first kappa shape index (κ1) is 20.4. The maximum atomic E-state index is 13.1. The molecule has 2 N–H and O–H groups in total. The number of hydrogen-bond donors (Lipinski definition) is 2. The molecule has 5 heteroatoms. The minimum Gasteiger partial charge on any atom is -0.504 e. The Morgan fingerprint density at radius 2 is 1.90 bits per heavy atom. The van der Waals surface area contributed by atoms with Gasteiger partial charge in [0.05, 0.1) is 18.0 Å². The summed E-state index contributed by atoms with van der Waals surface area (Å²) < 4.78 is 12.6. The molecule has 0 radical (unpaired) electrons. The highest BCUT2D eigenvalue weighted by atomic mass is 16.7. The summed E-state index contributed by atoms with van der Waals surface area (Å²) in [6.45, 7) is 10.2. The summed E-state index contributed by atoms with van der Waals surface area (Å²) in [7, 11) is 0. The monoisotopic (exact) mass is 400 g/mol. The molecule has 0 spiro atoms. The Morgan fingerprint density at radius 1 is 1.17 bits per heavy atom. The van der Waals surface area contributed by atoms with Crippen molar-refractivity contribution in [3.63, 3.8) is 0 Å². The maximum Gasteiger partial charge on any atom is 0.251 e. The van der Waals surface area contributed by atoms with Gasteiger partial charge in [0, 0.05) is 6.08 Å². The van der Waals surface area contributed by atoms with Crippen molar-refractivity contribution in [1.82, 2.24) is 0 Å². The van der Waals surface area contributed by atoms with E-state index in [0.29, 0.717) is 19.3 Å². The number of ketones is 1. The summed E-state index contributed by atoms with van der Waals surface area (Å²) in [5, 5.41) is 21.3. The molecule has 0 bridgehead atoms. The smallest absolute Gasteiger partial charge is 0.251 e. The molecule has 4 aliphatic rings. The molecule has 0 aromatic rings. The minimum atomic E-state index is -1.30. The Hall–Kier alpha value is -1.85. The quantitative estimate of drug-likeness (QED) is 0.586. The second-order valence-corrected chi connectivity index (χ2v) is 10.2. The summed E-state index contributed by atoms with van der Waals surface area (Å²) in [4.78, 5) is 13.1. The molecular formula is C24H32O5. The molecule has 0 amide bonds. The molecule has 1 fully saturated rings. The Kier molecular flexibility index (Phi) is 4.45. The lowest BCUT2D eigenvalue weighted by molar-refractivity contribution is -0.305. The van der Waals surface area contributed by atoms with Gasteiger partial charge in [-0.05, 0) is 68.9 Å². The highest BCUT2D eigenvalue weighted by Gasteiger charge is 2.73. The van der Waals surface area contributed by atoms with Crippen LogP contribution < -0.4 is 0 Å². The highest BCUT2D eigenvalue weighted by molar-refractivity contribution is 6.04. The summed E-state index contributed by atoms with van der Waals surface area (Å²) in [6.07, 6.45) is 11.3. The van der Waals surface area contributed by atoms with Crippen LogP contribution >= 0.6 is 0 Å². The minimum absolute atomic E-state index is 0.0304. The molecule has 158 valence electrons. The van der Waals surface area contributed by atoms with Crippen LogP contribution in [-0.4, -0.2) is 33.5 Å². The van der Waals surface area contributed by atoms with E-state index >= 15 is 0 Å². The summed E-state index contributed by atoms with van der Waals surface area (Å²) in [6, 6.07) is 0. The molecule has 29 heavy (non-hydrogen) atoms. The lowest BCUT2D eigenvalue weighted by atomic mass is 9.61. The van der Waals surface area contributed by atoms with E-state index in [1.165, 1.54) is 6.08 Å². The van der Waals surface area contributed by atoms with Gasteiger partial charge in [-0.15, -0.1) is 0 Å². The average molecular weight is 401 g/mol. The van der Waals surface area contributed by atoms with Gasteiger partial charge >= 0.3 is 0 Å². The van der Waals surface area contributed by atoms with Crippen LogP contribution in [0.3, 0.4) is 0 Å². The van der Waals surface area contributed by atoms with Gasteiger partial charge in [-0.25, -0.2) is 0 Å². The van der Waals surface area contributed by atoms with E-state index in [-0.39, 0.29) is 22.9 Å². The van der Waals surface area contributed by atoms with Crippen molar-refractivity contribution in [2.75, 3.05) is 0 Å². The zero-order valence-corrected chi connectivity index (χ0v) is 18.0. The number of fused-ring (bicyclic) bond motifs is 1. The Labute approximate surface area is 172 Å². The van der Waals surface area contributed by atoms with Gasteiger partial charge in [-0.2, -0.15) is 0 Å². The van der Waals surface area contributed by atoms with Crippen molar-refractivity contribution >= 4 is 5.78 Å². The van der Waals surface area contributed by atoms with Crippen LogP contribution in [0.1, 0.15) is 60.3 Å². The van der Waals surface area contributed by atoms with Crippen molar-refractivity contribution in [1.29, 1.82) is 0 Å². The number of carbonyl (C=O) groups is 1. The molecule has 0 saturated carbocycles. The van der Waals surface area contributed by atoms with E-state index < -0.39 is 22.9 Å². The molecule has 2 heterocycles. The van der Waals surface area contributed by atoms with E-state index in [0.717, 1.165) is 17.6 Å². The molecular weight excluding hydrogens is 368 g/mol. The zero-order chi connectivity index (χ0) is 21.2. The first-order valence-electron chi connectivity index (χ1n) is 10.5. The predicted octanol–water partition coefficient (Wildman–Crippen LogP) is 4.50. The van der Waals surface area contributed by atoms with Crippen molar-refractivity contribution in [3.8, 4) is 0 Å². The van der Waals surface area contributed by atoms with Gasteiger partial charge in [0.15, 0.2) is 5.76 Å². The lowest BCUT2D eigenvalue weighted by Gasteiger charge is -2.54. The van der Waals surface area contributed by atoms with Crippen LogP contribution in [0, 0.1) is 16.7 Å². The maximum absolute atomic E-state index is 13.1. The zero-order valence-electron chi connectivity index (χ0n) is 18.0. The van der Waals surface area contributed by atoms with Crippen LogP contribution in [0.5, 0.6) is 0 Å². The second kappa shape index (κ2) is 6.32. The number of aliphatic hydroxyl groups excluding tert-OH is 2. The first-order valence-corrected chi connectivity index (χ1v) is 10.5. The Bertz CT molecular complexity index is 862. The predicted molar refractivity (Wildman–Crippen MR) is 110 cm³/mol. The standard InChI is InChI=1S/C24H32O5/c1-15-7-10-21(3,4)8-6-9-22(5)17(11-18(15)25)12-23-16(2)14-28-24(23,29-22)13-19(26)20(23)27/h6-8,13-14,17-18,25-26H,9-12H2,1-5H3/b8-6-,15-7-/t17-,18+,22+,23+,24+/m1/s1. The van der Waals surface area contributed by atoms with Gasteiger partial charge in [0.1, 0.15) is 5.41 Å². The van der Waals surface area contributed by atoms with Crippen LogP contribution in [0.2, 0.25) is 0 Å². The normalized spacial score (nSPS) is 46.7. The van der Waals surface area contributed by atoms with E-state index in [1.54, 1.807) is 6.26 Å². The first-order chi connectivity index (χ1) is 13.4. The van der Waals surface area contributed by atoms with E-state index in [4.69, 9.17) is 9.47 Å². The third-order valence-electron chi connectivity index (χ3n) is 7.50. The average Bonchev–Trinajstić information content (AvgIpc) is 3.01. The number of allylic oxidation sites excluding steroid dienone is 3. The van der Waals surface area contributed by atoms with E-state index in [1.807, 2.05) is 20.8 Å². The summed E-state index contributed by atoms with van der Waals surface area (Å²) in [5.74, 6) is -2.04. The number of hydrogen-bond acceptors (Lipinski definition) is 5. The Balaban J connectivity index is 1.79. The number of aliphatic hydroxyl groups is 2. The molecule has 1 saturated heterocycles. The molecule has 5 nitrogen and oxygen atoms in total. The molecule has 0 aromatic carbocycles. The van der Waals surface area contributed by atoms with Crippen LogP contribution in [0.4, 0.5) is 0 Å². The molecule has 2 aliphatic heterocycles. The van der Waals surface area contributed by atoms with E-state index in [9.17, 15) is 15.0 Å². The molecule has 2 aliphatic carbocycles. The fourth-order valence-electron chi connectivity index (χ4n) is 5.40. The van der Waals surface area contributed by atoms with Crippen LogP contribution in [0.15, 0.2) is 47.5 Å². The van der Waals surface area contributed by atoms with Crippen molar-refractivity contribution < 1.29 is 24.5 Å². The fourth-order valence-corrected chi connectivity index (χ4v) is 5.40. The van der Waals surface area contributed by atoms with Gasteiger partial charge < -0.3 is 19.7 Å². The van der Waals surface area contributed by atoms with Gasteiger partial charge in [0.2, 0.25) is 5.78 Å². The van der Waals surface area contributed by atoms with Crippen molar-refractivity contribution in [3.05, 3.63) is 47.5 Å². The number of ether oxygens (including phenoxy) is 2. The molecule has 0 unspecified atom stereocenters. The van der Waals surface area contributed by atoms with Crippen molar-refractivity contribution in [2.24, 2.45) is 16.7 Å². The lowest BCUT2D eigenvalue weighted by Crippen LogP contribution is -2.62. The fraction of sp³-hybridized carbons (Fsp3) is 0.625. The highest BCUT2D eigenvalue weighted by Crippen LogP contribution is 2.64. The van der Waals surface area contributed by atoms with Crippen LogP contribution in [0.25, 0.3) is 0 Å². The number of rotatable bonds is 0. The second-order valence-electron chi connectivity index (χ2n) is 10.2. The van der Waals surface area contributed by atoms with Crippen LogP contribution in [-0.2, 0) is 14.3 Å². The number of carbonyl (C=O) groups excluding carboxylic acids is 1. The van der Waals surface area contributed by atoms with E-state index in [2.05, 4.69) is 32.1 Å². The summed E-state index contributed by atoms with van der Waals surface area (Å²) in [5.41, 5.74) is -0.0305.